The lowest BCUT2D eigenvalue weighted by Gasteiger charge is -2.42. The molecule has 3 fully saturated rings. The Bertz CT molecular complexity index is 763. The van der Waals surface area contributed by atoms with Gasteiger partial charge in [-0.25, -0.2) is 13.8 Å². The van der Waals surface area contributed by atoms with E-state index in [2.05, 4.69) is 10.3 Å². The monoisotopic (exact) mass is 418 g/mol. The minimum atomic E-state index is -2.66. The first-order valence-corrected chi connectivity index (χ1v) is 11.4. The third-order valence-corrected chi connectivity index (χ3v) is 6.71. The second kappa shape index (κ2) is 9.31. The number of alkyl halides is 2. The van der Waals surface area contributed by atoms with Crippen LogP contribution >= 0.6 is 0 Å². The third kappa shape index (κ3) is 4.60. The number of carbonyl (C=O) groups excluding carboxylic acids is 1. The minimum absolute atomic E-state index is 0.159. The second-order valence-corrected chi connectivity index (χ2v) is 8.85. The van der Waals surface area contributed by atoms with E-state index in [1.807, 2.05) is 4.90 Å². The second-order valence-electron chi connectivity index (χ2n) is 8.85. The molecular formula is C23H32F2N4O. The van der Waals surface area contributed by atoms with Gasteiger partial charge in [0.15, 0.2) is 0 Å². The molecule has 0 aromatic rings. The normalized spacial score (nSPS) is 23.8. The number of hydrogen-bond donors (Lipinski definition) is 2. The van der Waals surface area contributed by atoms with Gasteiger partial charge in [0.2, 0.25) is 0 Å². The number of halogens is 2. The quantitative estimate of drug-likeness (QED) is 0.645. The van der Waals surface area contributed by atoms with Crippen molar-refractivity contribution in [2.24, 2.45) is 10.7 Å². The number of aliphatic imine (C=N–C) groups is 1. The molecule has 1 heterocycles. The first-order chi connectivity index (χ1) is 14.6. The van der Waals surface area contributed by atoms with Gasteiger partial charge < -0.3 is 16.0 Å². The lowest BCUT2D eigenvalue weighted by atomic mass is 9.88. The molecule has 0 saturated heterocycles. The summed E-state index contributed by atoms with van der Waals surface area (Å²) in [4.78, 5) is 20.3. The lowest BCUT2D eigenvalue weighted by molar-refractivity contribution is -0.133. The SMILES string of the molecule is NC=C(C(=O)N(C1CCCCC1)C1CCCCC1)C1=NC(=C2CC2)C=C(C(F)F)N1. The van der Waals surface area contributed by atoms with Gasteiger partial charge >= 0.3 is 0 Å². The third-order valence-electron chi connectivity index (χ3n) is 6.71. The Morgan fingerprint density at radius 3 is 2.10 bits per heavy atom. The zero-order valence-electron chi connectivity index (χ0n) is 17.5. The molecule has 5 nitrogen and oxygen atoms in total. The van der Waals surface area contributed by atoms with Crippen LogP contribution < -0.4 is 11.1 Å². The molecule has 4 rings (SSSR count). The Morgan fingerprint density at radius 1 is 1.07 bits per heavy atom. The van der Waals surface area contributed by atoms with E-state index >= 15 is 0 Å². The smallest absolute Gasteiger partial charge is 0.278 e. The number of hydrogen-bond acceptors (Lipinski definition) is 4. The van der Waals surface area contributed by atoms with Gasteiger partial charge in [-0.2, -0.15) is 0 Å². The van der Waals surface area contributed by atoms with E-state index < -0.39 is 6.43 Å². The van der Waals surface area contributed by atoms with Crippen molar-refractivity contribution in [2.75, 3.05) is 0 Å². The van der Waals surface area contributed by atoms with Crippen LogP contribution in [0.4, 0.5) is 8.78 Å². The molecule has 1 aliphatic heterocycles. The van der Waals surface area contributed by atoms with Crippen LogP contribution in [0.1, 0.15) is 77.0 Å². The van der Waals surface area contributed by atoms with Gasteiger partial charge in [-0.3, -0.25) is 4.79 Å². The highest BCUT2D eigenvalue weighted by molar-refractivity contribution is 6.21. The fourth-order valence-electron chi connectivity index (χ4n) is 4.98. The predicted molar refractivity (Wildman–Crippen MR) is 114 cm³/mol. The average molecular weight is 419 g/mol. The zero-order valence-corrected chi connectivity index (χ0v) is 17.5. The van der Waals surface area contributed by atoms with Crippen molar-refractivity contribution < 1.29 is 13.6 Å². The molecule has 0 spiro atoms. The largest absolute Gasteiger partial charge is 0.404 e. The summed E-state index contributed by atoms with van der Waals surface area (Å²) in [7, 11) is 0. The minimum Gasteiger partial charge on any atom is -0.404 e. The summed E-state index contributed by atoms with van der Waals surface area (Å²) < 4.78 is 27.0. The maximum absolute atomic E-state index is 13.8. The number of carbonyl (C=O) groups is 1. The topological polar surface area (TPSA) is 70.7 Å². The Kier molecular flexibility index (Phi) is 6.54. The summed E-state index contributed by atoms with van der Waals surface area (Å²) in [6.07, 6.45) is 12.6. The van der Waals surface area contributed by atoms with Crippen molar-refractivity contribution in [3.63, 3.8) is 0 Å². The number of amides is 1. The summed E-state index contributed by atoms with van der Waals surface area (Å²) in [5, 5.41) is 2.69. The van der Waals surface area contributed by atoms with Crippen LogP contribution in [0.2, 0.25) is 0 Å². The maximum atomic E-state index is 13.8. The molecule has 164 valence electrons. The summed E-state index contributed by atoms with van der Waals surface area (Å²) in [6, 6.07) is 0.389. The number of nitrogens with two attached hydrogens (primary N) is 1. The van der Waals surface area contributed by atoms with Gasteiger partial charge in [-0.05, 0) is 50.2 Å². The number of nitrogens with zero attached hydrogens (tertiary/aromatic N) is 2. The predicted octanol–water partition coefficient (Wildman–Crippen LogP) is 4.52. The van der Waals surface area contributed by atoms with Crippen LogP contribution in [0.5, 0.6) is 0 Å². The summed E-state index contributed by atoms with van der Waals surface area (Å²) in [6.45, 7) is 0. The molecule has 4 aliphatic rings. The van der Waals surface area contributed by atoms with Gasteiger partial charge in [-0.1, -0.05) is 38.5 Å². The van der Waals surface area contributed by atoms with Crippen molar-refractivity contribution in [1.29, 1.82) is 0 Å². The molecule has 3 N–H and O–H groups in total. The Labute approximate surface area is 177 Å². The van der Waals surface area contributed by atoms with Crippen molar-refractivity contribution in [3.05, 3.63) is 34.8 Å². The fraction of sp³-hybridized carbons (Fsp3) is 0.652. The van der Waals surface area contributed by atoms with E-state index in [9.17, 15) is 13.6 Å². The highest BCUT2D eigenvalue weighted by Gasteiger charge is 2.36. The van der Waals surface area contributed by atoms with E-state index in [-0.39, 0.29) is 35.1 Å². The van der Waals surface area contributed by atoms with Crippen LogP contribution in [0, 0.1) is 0 Å². The van der Waals surface area contributed by atoms with E-state index in [4.69, 9.17) is 5.73 Å². The van der Waals surface area contributed by atoms with Gasteiger partial charge in [0.05, 0.1) is 17.0 Å². The molecule has 0 unspecified atom stereocenters. The summed E-state index contributed by atoms with van der Waals surface area (Å²) in [5.74, 6) is -0.00969. The fourth-order valence-corrected chi connectivity index (χ4v) is 4.98. The summed E-state index contributed by atoms with van der Waals surface area (Å²) in [5.41, 5.74) is 7.49. The molecule has 7 heteroatoms. The first-order valence-electron chi connectivity index (χ1n) is 11.4. The number of rotatable bonds is 5. The zero-order chi connectivity index (χ0) is 21.1. The van der Waals surface area contributed by atoms with Crippen LogP contribution in [0.25, 0.3) is 0 Å². The van der Waals surface area contributed by atoms with Gasteiger partial charge in [-0.15, -0.1) is 0 Å². The molecule has 1 amide bonds. The first kappa shape index (κ1) is 21.1. The number of allylic oxidation sites excluding steroid dienone is 3. The Balaban J connectivity index is 1.63. The molecule has 3 saturated carbocycles. The maximum Gasteiger partial charge on any atom is 0.278 e. The van der Waals surface area contributed by atoms with E-state index in [1.165, 1.54) is 25.1 Å². The van der Waals surface area contributed by atoms with Crippen LogP contribution in [-0.2, 0) is 4.79 Å². The molecule has 0 bridgehead atoms. The lowest BCUT2D eigenvalue weighted by Crippen LogP contribution is -2.51. The molecule has 0 radical (unpaired) electrons. The van der Waals surface area contributed by atoms with Gasteiger partial charge in [0.1, 0.15) is 5.84 Å². The van der Waals surface area contributed by atoms with Crippen molar-refractivity contribution in [2.45, 2.75) is 95.6 Å². The molecule has 0 aromatic heterocycles. The Hall–Kier alpha value is -2.18. The van der Waals surface area contributed by atoms with Crippen molar-refractivity contribution >= 4 is 11.7 Å². The van der Waals surface area contributed by atoms with Crippen LogP contribution in [0.15, 0.2) is 39.8 Å². The molecule has 0 atom stereocenters. The molecule has 30 heavy (non-hydrogen) atoms. The van der Waals surface area contributed by atoms with Crippen molar-refractivity contribution in [3.8, 4) is 0 Å². The van der Waals surface area contributed by atoms with Crippen LogP contribution in [-0.4, -0.2) is 35.2 Å². The number of amidine groups is 1. The molecule has 0 aromatic carbocycles. The Morgan fingerprint density at radius 2 is 1.63 bits per heavy atom. The summed E-state index contributed by atoms with van der Waals surface area (Å²) >= 11 is 0. The van der Waals surface area contributed by atoms with Gasteiger partial charge in [0.25, 0.3) is 12.3 Å². The van der Waals surface area contributed by atoms with E-state index in [0.717, 1.165) is 69.8 Å². The van der Waals surface area contributed by atoms with Gasteiger partial charge in [0, 0.05) is 18.3 Å². The van der Waals surface area contributed by atoms with Crippen LogP contribution in [0.3, 0.4) is 0 Å². The average Bonchev–Trinajstić information content (AvgIpc) is 3.61. The molecular weight excluding hydrogens is 386 g/mol. The van der Waals surface area contributed by atoms with E-state index in [1.54, 1.807) is 0 Å². The highest BCUT2D eigenvalue weighted by Crippen LogP contribution is 2.36. The van der Waals surface area contributed by atoms with Crippen molar-refractivity contribution in [1.82, 2.24) is 10.2 Å². The molecule has 3 aliphatic carbocycles. The standard InChI is InChI=1S/C23H32F2N4O/c24-21(25)20-13-19(15-11-12-15)27-22(28-20)18(14-26)23(30)29(16-7-3-1-4-8-16)17-9-5-2-6-10-17/h13-14,16-17,21H,1-12,26H2,(H,27,28). The number of nitrogens with one attached hydrogen (secondary N) is 1. The highest BCUT2D eigenvalue weighted by atomic mass is 19.3. The van der Waals surface area contributed by atoms with E-state index in [0.29, 0.717) is 5.70 Å².